The minimum absolute atomic E-state index is 1.08. The fourth-order valence-electron chi connectivity index (χ4n) is 10.9. The van der Waals surface area contributed by atoms with Crippen molar-refractivity contribution in [3.63, 3.8) is 0 Å². The van der Waals surface area contributed by atoms with Crippen LogP contribution >= 0.6 is 0 Å². The number of para-hydroxylation sites is 3. The number of hydrogen-bond acceptors (Lipinski definition) is 0. The topological polar surface area (TPSA) is 19.7 Å². The largest absolute Gasteiger partial charge is 0.310 e. The van der Waals surface area contributed by atoms with E-state index in [9.17, 15) is 0 Å². The Kier molecular flexibility index (Phi) is 7.95. The van der Waals surface area contributed by atoms with Crippen LogP contribution in [0.15, 0.2) is 243 Å². The molecule has 0 N–H and O–H groups in total. The van der Waals surface area contributed by atoms with Gasteiger partial charge in [-0.05, 0) is 119 Å². The van der Waals surface area contributed by atoms with Crippen LogP contribution in [0.3, 0.4) is 0 Å². The number of nitrogens with zero attached hydrogens (tertiary/aromatic N) is 4. The fraction of sp³-hybridized carbons (Fsp3) is 0. The van der Waals surface area contributed by atoms with Gasteiger partial charge in [-0.3, -0.25) is 0 Å². The lowest BCUT2D eigenvalue weighted by atomic mass is 10.1. The van der Waals surface area contributed by atoms with Crippen molar-refractivity contribution in [1.82, 2.24) is 18.3 Å². The van der Waals surface area contributed by atoms with Crippen molar-refractivity contribution >= 4 is 98.0 Å². The van der Waals surface area contributed by atoms with Gasteiger partial charge < -0.3 is 18.3 Å². The number of benzene rings is 11. The van der Waals surface area contributed by atoms with Crippen molar-refractivity contribution < 1.29 is 0 Å². The average molecular weight is 841 g/mol. The van der Waals surface area contributed by atoms with E-state index in [0.29, 0.717) is 0 Å². The van der Waals surface area contributed by atoms with Crippen LogP contribution in [0, 0.1) is 0 Å². The lowest BCUT2D eigenvalue weighted by Gasteiger charge is -2.17. The molecule has 0 amide bonds. The maximum atomic E-state index is 2.49. The first-order chi connectivity index (χ1) is 32.7. The SMILES string of the molecule is c1ccc(-n2c3ccc4cc3c3cc(ccc32)n(-c2cccc3c5ccccc5n(-c5cccc6ccccc56)c23)c2cccc(c2)c2cccc(c2)n4-c2cccc3ccccc23)cc1. The summed E-state index contributed by atoms with van der Waals surface area (Å²) in [5.74, 6) is 0. The second kappa shape index (κ2) is 14.3. The van der Waals surface area contributed by atoms with Crippen LogP contribution in [0.5, 0.6) is 0 Å². The summed E-state index contributed by atoms with van der Waals surface area (Å²) in [4.78, 5) is 0. The number of fused-ring (bicyclic) bond motifs is 12. The molecule has 14 rings (SSSR count). The molecule has 4 nitrogen and oxygen atoms in total. The van der Waals surface area contributed by atoms with Crippen molar-refractivity contribution in [2.45, 2.75) is 0 Å². The van der Waals surface area contributed by atoms with Gasteiger partial charge in [-0.25, -0.2) is 0 Å². The summed E-state index contributed by atoms with van der Waals surface area (Å²) < 4.78 is 9.84. The average Bonchev–Trinajstić information content (AvgIpc) is 3.89. The molecule has 0 atom stereocenters. The summed E-state index contributed by atoms with van der Waals surface area (Å²) in [5, 5.41) is 11.9. The standard InChI is InChI=1S/C62H40N4/c1-2-21-45(22-3-1)65-59-35-33-48-39-54(59)55-40-49(34-36-60(55)65)64(47-24-11-20-44(38-47)43-19-10-23-46(37-43)63(48)56-30-12-17-41-15-4-6-25-50(41)56)61-32-14-28-53-52-27-8-9-29-58(52)66(62(53)61)57-31-13-18-42-16-5-7-26-51(42)57/h1-40H. The molecule has 0 aliphatic heterocycles. The maximum absolute atomic E-state index is 2.49. The van der Waals surface area contributed by atoms with E-state index in [-0.39, 0.29) is 0 Å². The minimum atomic E-state index is 1.08. The first kappa shape index (κ1) is 36.6. The van der Waals surface area contributed by atoms with E-state index in [1.807, 2.05) is 0 Å². The van der Waals surface area contributed by atoms with Crippen molar-refractivity contribution in [3.05, 3.63) is 243 Å². The van der Waals surface area contributed by atoms with Gasteiger partial charge in [-0.15, -0.1) is 0 Å². The number of aromatic nitrogens is 4. The Morgan fingerprint density at radius 1 is 0.212 bits per heavy atom. The number of hydrogen-bond donors (Lipinski definition) is 0. The predicted molar refractivity (Wildman–Crippen MR) is 279 cm³/mol. The van der Waals surface area contributed by atoms with Crippen LogP contribution < -0.4 is 0 Å². The molecule has 308 valence electrons. The van der Waals surface area contributed by atoms with E-state index in [1.54, 1.807) is 0 Å². The van der Waals surface area contributed by atoms with Gasteiger partial charge in [-0.1, -0.05) is 146 Å². The minimum Gasteiger partial charge on any atom is -0.310 e. The van der Waals surface area contributed by atoms with Gasteiger partial charge in [0.25, 0.3) is 0 Å². The molecule has 0 fully saturated rings. The molecule has 0 aliphatic rings. The predicted octanol–water partition coefficient (Wildman–Crippen LogP) is 16.4. The molecule has 0 saturated heterocycles. The van der Waals surface area contributed by atoms with Crippen molar-refractivity contribution in [3.8, 4) is 22.7 Å². The van der Waals surface area contributed by atoms with E-state index >= 15 is 0 Å². The summed E-state index contributed by atoms with van der Waals surface area (Å²) in [6.07, 6.45) is 0. The monoisotopic (exact) mass is 840 g/mol. The Labute approximate surface area is 380 Å². The van der Waals surface area contributed by atoms with E-state index in [4.69, 9.17) is 0 Å². The van der Waals surface area contributed by atoms with Gasteiger partial charge in [-0.2, -0.15) is 0 Å². The van der Waals surface area contributed by atoms with Crippen molar-refractivity contribution in [1.29, 1.82) is 0 Å². The lowest BCUT2D eigenvalue weighted by Crippen LogP contribution is -2.02. The Morgan fingerprint density at radius 3 is 1.27 bits per heavy atom. The molecule has 0 aliphatic carbocycles. The Hall–Kier alpha value is -8.86. The van der Waals surface area contributed by atoms with E-state index in [0.717, 1.165) is 72.1 Å². The Morgan fingerprint density at radius 2 is 0.636 bits per heavy atom. The summed E-state index contributed by atoms with van der Waals surface area (Å²) in [6, 6.07) is 89.4. The summed E-state index contributed by atoms with van der Waals surface area (Å²) in [5.41, 5.74) is 13.5. The molecule has 3 heterocycles. The number of rotatable bonds is 4. The molecular formula is C62H40N4. The van der Waals surface area contributed by atoms with Crippen LogP contribution in [-0.4, -0.2) is 18.3 Å². The van der Waals surface area contributed by atoms with Crippen LogP contribution in [0.2, 0.25) is 0 Å². The van der Waals surface area contributed by atoms with Gasteiger partial charge in [0, 0.05) is 60.1 Å². The third-order valence-corrected chi connectivity index (χ3v) is 13.7. The van der Waals surface area contributed by atoms with Gasteiger partial charge >= 0.3 is 0 Å². The van der Waals surface area contributed by atoms with Gasteiger partial charge in [0.2, 0.25) is 0 Å². The molecular weight excluding hydrogens is 801 g/mol. The normalized spacial score (nSPS) is 11.9. The molecule has 0 saturated carbocycles. The zero-order valence-electron chi connectivity index (χ0n) is 35.9. The van der Waals surface area contributed by atoms with Crippen LogP contribution in [0.1, 0.15) is 0 Å². The summed E-state index contributed by atoms with van der Waals surface area (Å²) in [6.45, 7) is 0. The Bertz CT molecular complexity index is 4340. The smallest absolute Gasteiger partial charge is 0.0782 e. The maximum Gasteiger partial charge on any atom is 0.0782 e. The third kappa shape index (κ3) is 5.45. The first-order valence-corrected chi connectivity index (χ1v) is 22.7. The van der Waals surface area contributed by atoms with E-state index in [1.165, 1.54) is 48.6 Å². The molecule has 0 spiro atoms. The zero-order valence-corrected chi connectivity index (χ0v) is 35.9. The van der Waals surface area contributed by atoms with Crippen molar-refractivity contribution in [2.75, 3.05) is 0 Å². The fourth-order valence-corrected chi connectivity index (χ4v) is 10.9. The first-order valence-electron chi connectivity index (χ1n) is 22.7. The molecule has 0 unspecified atom stereocenters. The molecule has 14 aromatic rings. The summed E-state index contributed by atoms with van der Waals surface area (Å²) in [7, 11) is 0. The molecule has 8 bridgehead atoms. The highest BCUT2D eigenvalue weighted by Gasteiger charge is 2.20. The third-order valence-electron chi connectivity index (χ3n) is 13.7. The van der Waals surface area contributed by atoms with E-state index in [2.05, 4.69) is 261 Å². The van der Waals surface area contributed by atoms with Gasteiger partial charge in [0.15, 0.2) is 0 Å². The Balaban J connectivity index is 1.19. The second-order valence-corrected chi connectivity index (χ2v) is 17.4. The quantitative estimate of drug-likeness (QED) is 0.168. The van der Waals surface area contributed by atoms with Gasteiger partial charge in [0.05, 0.1) is 39.1 Å². The zero-order chi connectivity index (χ0) is 43.3. The van der Waals surface area contributed by atoms with E-state index < -0.39 is 0 Å². The van der Waals surface area contributed by atoms with Crippen molar-refractivity contribution in [2.24, 2.45) is 0 Å². The molecule has 4 heteroatoms. The molecule has 0 radical (unpaired) electrons. The molecule has 11 aromatic carbocycles. The highest BCUT2D eigenvalue weighted by atomic mass is 15.1. The second-order valence-electron chi connectivity index (χ2n) is 17.4. The van der Waals surface area contributed by atoms with Gasteiger partial charge in [0.1, 0.15) is 0 Å². The molecule has 66 heavy (non-hydrogen) atoms. The van der Waals surface area contributed by atoms with Crippen LogP contribution in [-0.2, 0) is 0 Å². The lowest BCUT2D eigenvalue weighted by molar-refractivity contribution is 1.13. The van der Waals surface area contributed by atoms with Crippen LogP contribution in [0.25, 0.3) is 121 Å². The van der Waals surface area contributed by atoms with Crippen LogP contribution in [0.4, 0.5) is 0 Å². The summed E-state index contributed by atoms with van der Waals surface area (Å²) >= 11 is 0. The highest BCUT2D eigenvalue weighted by molar-refractivity contribution is 6.15. The molecule has 3 aromatic heterocycles. The highest BCUT2D eigenvalue weighted by Crippen LogP contribution is 2.40.